The van der Waals surface area contributed by atoms with Gasteiger partial charge in [0.05, 0.1) is 6.54 Å². The summed E-state index contributed by atoms with van der Waals surface area (Å²) >= 11 is 3.69. The summed E-state index contributed by atoms with van der Waals surface area (Å²) in [4.78, 5) is 6.07. The van der Waals surface area contributed by atoms with Crippen molar-refractivity contribution in [2.24, 2.45) is 4.99 Å². The van der Waals surface area contributed by atoms with Crippen LogP contribution in [0.2, 0.25) is 0 Å². The van der Waals surface area contributed by atoms with E-state index in [1.165, 1.54) is 17.1 Å². The Kier molecular flexibility index (Phi) is 8.75. The Labute approximate surface area is 125 Å². The highest BCUT2D eigenvalue weighted by atomic mass is 32.2. The molecule has 0 bridgehead atoms. The Morgan fingerprint density at radius 1 is 1.47 bits per heavy atom. The third kappa shape index (κ3) is 6.87. The zero-order chi connectivity index (χ0) is 13.9. The Morgan fingerprint density at radius 3 is 2.95 bits per heavy atom. The number of nitrogens with zero attached hydrogens (tertiary/aromatic N) is 1. The minimum Gasteiger partial charge on any atom is -0.357 e. The third-order valence-electron chi connectivity index (χ3n) is 2.71. The Balaban J connectivity index is 2.39. The molecule has 0 fully saturated rings. The van der Waals surface area contributed by atoms with Crippen molar-refractivity contribution in [3.63, 3.8) is 0 Å². The maximum absolute atomic E-state index is 4.66. The predicted octanol–water partition coefficient (Wildman–Crippen LogP) is 3.16. The van der Waals surface area contributed by atoms with Crippen LogP contribution >= 0.6 is 23.1 Å². The van der Waals surface area contributed by atoms with Crippen LogP contribution in [0.25, 0.3) is 0 Å². The summed E-state index contributed by atoms with van der Waals surface area (Å²) in [5.74, 6) is 2.62. The highest BCUT2D eigenvalue weighted by Crippen LogP contribution is 2.20. The first-order chi connectivity index (χ1) is 9.27. The molecule has 19 heavy (non-hydrogen) atoms. The van der Waals surface area contributed by atoms with Crippen molar-refractivity contribution in [1.29, 1.82) is 0 Å². The van der Waals surface area contributed by atoms with Crippen molar-refractivity contribution >= 4 is 29.1 Å². The van der Waals surface area contributed by atoms with E-state index in [1.54, 1.807) is 0 Å². The van der Waals surface area contributed by atoms with Crippen molar-refractivity contribution < 1.29 is 0 Å². The molecule has 1 unspecified atom stereocenters. The minimum atomic E-state index is 0.488. The van der Waals surface area contributed by atoms with Gasteiger partial charge in [-0.15, -0.1) is 11.3 Å². The zero-order valence-corrected chi connectivity index (χ0v) is 13.7. The van der Waals surface area contributed by atoms with Crippen LogP contribution in [0.4, 0.5) is 0 Å². The van der Waals surface area contributed by atoms with Gasteiger partial charge in [-0.3, -0.25) is 4.99 Å². The first kappa shape index (κ1) is 16.4. The van der Waals surface area contributed by atoms with E-state index < -0.39 is 0 Å². The van der Waals surface area contributed by atoms with E-state index >= 15 is 0 Å². The van der Waals surface area contributed by atoms with E-state index in [2.05, 4.69) is 53.2 Å². The molecule has 1 aromatic heterocycles. The molecule has 0 radical (unpaired) electrons. The number of thiophene rings is 1. The van der Waals surface area contributed by atoms with Gasteiger partial charge >= 0.3 is 0 Å². The average molecular weight is 300 g/mol. The molecule has 5 heteroatoms. The van der Waals surface area contributed by atoms with Gasteiger partial charge < -0.3 is 10.6 Å². The van der Waals surface area contributed by atoms with Gasteiger partial charge in [0.25, 0.3) is 0 Å². The molecule has 0 saturated carbocycles. The van der Waals surface area contributed by atoms with Gasteiger partial charge in [0.1, 0.15) is 0 Å². The summed E-state index contributed by atoms with van der Waals surface area (Å²) < 4.78 is 0. The van der Waals surface area contributed by atoms with E-state index in [0.717, 1.165) is 25.6 Å². The van der Waals surface area contributed by atoms with Crippen molar-refractivity contribution in [3.05, 3.63) is 22.4 Å². The van der Waals surface area contributed by atoms with Gasteiger partial charge in [-0.2, -0.15) is 11.8 Å². The smallest absolute Gasteiger partial charge is 0.191 e. The van der Waals surface area contributed by atoms with Gasteiger partial charge in [0.15, 0.2) is 5.96 Å². The summed E-state index contributed by atoms with van der Waals surface area (Å²) in [5, 5.41) is 8.81. The van der Waals surface area contributed by atoms with Gasteiger partial charge in [0.2, 0.25) is 0 Å². The van der Waals surface area contributed by atoms with E-state index in [0.29, 0.717) is 5.92 Å². The molecule has 3 nitrogen and oxygen atoms in total. The predicted molar refractivity (Wildman–Crippen MR) is 89.7 cm³/mol. The second kappa shape index (κ2) is 10.1. The average Bonchev–Trinajstić information content (AvgIpc) is 2.94. The van der Waals surface area contributed by atoms with Gasteiger partial charge in [-0.25, -0.2) is 0 Å². The molecule has 0 aliphatic carbocycles. The first-order valence-corrected chi connectivity index (χ1v) is 9.09. The van der Waals surface area contributed by atoms with Crippen LogP contribution in [-0.2, 0) is 0 Å². The lowest BCUT2D eigenvalue weighted by Crippen LogP contribution is -2.38. The monoisotopic (exact) mass is 299 g/mol. The maximum atomic E-state index is 4.66. The van der Waals surface area contributed by atoms with Crippen LogP contribution in [0, 0.1) is 0 Å². The van der Waals surface area contributed by atoms with Crippen LogP contribution in [0.15, 0.2) is 22.5 Å². The molecular weight excluding hydrogens is 274 g/mol. The van der Waals surface area contributed by atoms with Crippen molar-refractivity contribution in [1.82, 2.24) is 10.6 Å². The lowest BCUT2D eigenvalue weighted by Gasteiger charge is -2.12. The maximum Gasteiger partial charge on any atom is 0.191 e. The molecule has 2 N–H and O–H groups in total. The van der Waals surface area contributed by atoms with Crippen molar-refractivity contribution in [2.75, 3.05) is 31.6 Å². The Bertz CT molecular complexity index is 350. The molecule has 0 spiro atoms. The van der Waals surface area contributed by atoms with Gasteiger partial charge in [-0.05, 0) is 36.8 Å². The normalized spacial score (nSPS) is 13.3. The molecule has 1 heterocycles. The second-order valence-electron chi connectivity index (χ2n) is 4.41. The molecule has 0 amide bonds. The van der Waals surface area contributed by atoms with Crippen LogP contribution in [-0.4, -0.2) is 37.6 Å². The summed E-state index contributed by atoms with van der Waals surface area (Å²) in [6.07, 6.45) is 3.31. The lowest BCUT2D eigenvalue weighted by molar-refractivity contribution is 0.751. The number of thioether (sulfide) groups is 1. The largest absolute Gasteiger partial charge is 0.357 e. The molecule has 1 atom stereocenters. The molecule has 1 rings (SSSR count). The van der Waals surface area contributed by atoms with E-state index in [9.17, 15) is 0 Å². The van der Waals surface area contributed by atoms with Crippen LogP contribution in [0.5, 0.6) is 0 Å². The molecule has 0 aliphatic heterocycles. The topological polar surface area (TPSA) is 36.4 Å². The SMILES string of the molecule is CCNC(=NCC(C)c1cccs1)NCCCSC. The quantitative estimate of drug-likeness (QED) is 0.440. The number of hydrogen-bond donors (Lipinski definition) is 2. The second-order valence-corrected chi connectivity index (χ2v) is 6.37. The first-order valence-electron chi connectivity index (χ1n) is 6.82. The molecular formula is C14H25N3S2. The molecule has 1 aromatic rings. The number of rotatable bonds is 8. The molecule has 108 valence electrons. The van der Waals surface area contributed by atoms with Crippen LogP contribution in [0.1, 0.15) is 31.1 Å². The van der Waals surface area contributed by atoms with Crippen LogP contribution in [0.3, 0.4) is 0 Å². The fourth-order valence-corrected chi connectivity index (χ4v) is 2.87. The summed E-state index contributed by atoms with van der Waals surface area (Å²) in [7, 11) is 0. The Morgan fingerprint density at radius 2 is 2.32 bits per heavy atom. The highest BCUT2D eigenvalue weighted by molar-refractivity contribution is 7.98. The van der Waals surface area contributed by atoms with E-state index in [4.69, 9.17) is 0 Å². The van der Waals surface area contributed by atoms with E-state index in [1.807, 2.05) is 23.1 Å². The summed E-state index contributed by atoms with van der Waals surface area (Å²) in [5.41, 5.74) is 0. The third-order valence-corrected chi connectivity index (χ3v) is 4.51. The van der Waals surface area contributed by atoms with E-state index in [-0.39, 0.29) is 0 Å². The fraction of sp³-hybridized carbons (Fsp3) is 0.643. The van der Waals surface area contributed by atoms with Crippen molar-refractivity contribution in [2.45, 2.75) is 26.2 Å². The fourth-order valence-electron chi connectivity index (χ4n) is 1.65. The number of nitrogens with one attached hydrogen (secondary N) is 2. The molecule has 0 saturated heterocycles. The van der Waals surface area contributed by atoms with Gasteiger partial charge in [-0.1, -0.05) is 13.0 Å². The van der Waals surface area contributed by atoms with Crippen LogP contribution < -0.4 is 10.6 Å². The summed E-state index contributed by atoms with van der Waals surface area (Å²) in [6.45, 7) is 7.05. The standard InChI is InChI=1S/C14H25N3S2/c1-4-15-14(16-8-6-9-18-3)17-11-12(2)13-7-5-10-19-13/h5,7,10,12H,4,6,8-9,11H2,1-3H3,(H2,15,16,17). The molecule has 0 aromatic carbocycles. The highest BCUT2D eigenvalue weighted by Gasteiger charge is 2.06. The number of aliphatic imine (C=N–C) groups is 1. The van der Waals surface area contributed by atoms with Crippen molar-refractivity contribution in [3.8, 4) is 0 Å². The number of hydrogen-bond acceptors (Lipinski definition) is 3. The minimum absolute atomic E-state index is 0.488. The van der Waals surface area contributed by atoms with Gasteiger partial charge in [0, 0.05) is 23.9 Å². The zero-order valence-electron chi connectivity index (χ0n) is 12.1. The molecule has 0 aliphatic rings. The lowest BCUT2D eigenvalue weighted by atomic mass is 10.1. The number of guanidine groups is 1. The summed E-state index contributed by atoms with van der Waals surface area (Å²) in [6, 6.07) is 4.29. The Hall–Kier alpha value is -0.680.